The summed E-state index contributed by atoms with van der Waals surface area (Å²) in [6.45, 7) is 8.05. The second-order valence-corrected chi connectivity index (χ2v) is 8.40. The molecule has 0 atom stereocenters. The first-order valence-electron chi connectivity index (χ1n) is 10.2. The van der Waals surface area contributed by atoms with Crippen LogP contribution in [0.3, 0.4) is 0 Å². The highest BCUT2D eigenvalue weighted by Gasteiger charge is 2.19. The minimum atomic E-state index is -0.296. The van der Waals surface area contributed by atoms with Gasteiger partial charge in [-0.3, -0.25) is 4.79 Å². The quantitative estimate of drug-likeness (QED) is 0.294. The SMILES string of the molecule is CCOc1c(/C(C)=C/C(=O)Nc2cc(C)on2)cc2c(-c3cccc(Br)c3)coc2c1C. The molecule has 0 aliphatic heterocycles. The fourth-order valence-corrected chi connectivity index (χ4v) is 4.08. The van der Waals surface area contributed by atoms with E-state index in [0.29, 0.717) is 23.9 Å². The Morgan fingerprint density at radius 1 is 1.25 bits per heavy atom. The van der Waals surface area contributed by atoms with Gasteiger partial charge in [-0.2, -0.15) is 0 Å². The highest BCUT2D eigenvalue weighted by Crippen LogP contribution is 2.41. The van der Waals surface area contributed by atoms with Gasteiger partial charge < -0.3 is 19.0 Å². The van der Waals surface area contributed by atoms with Gasteiger partial charge in [0.05, 0.1) is 12.9 Å². The number of rotatable bonds is 6. The molecule has 7 heteroatoms. The summed E-state index contributed by atoms with van der Waals surface area (Å²) in [5, 5.41) is 7.48. The predicted octanol–water partition coefficient (Wildman–Crippen LogP) is 6.91. The maximum Gasteiger partial charge on any atom is 0.249 e. The van der Waals surface area contributed by atoms with Gasteiger partial charge in [0.25, 0.3) is 0 Å². The zero-order valence-corrected chi connectivity index (χ0v) is 19.9. The third kappa shape index (κ3) is 4.34. The van der Waals surface area contributed by atoms with E-state index in [0.717, 1.165) is 43.3 Å². The van der Waals surface area contributed by atoms with E-state index in [1.165, 1.54) is 6.08 Å². The van der Waals surface area contributed by atoms with E-state index in [9.17, 15) is 4.79 Å². The van der Waals surface area contributed by atoms with Crippen LogP contribution in [0, 0.1) is 13.8 Å². The topological polar surface area (TPSA) is 77.5 Å². The third-order valence-corrected chi connectivity index (χ3v) is 5.61. The normalized spacial score (nSPS) is 11.7. The molecule has 0 spiro atoms. The molecule has 0 bridgehead atoms. The van der Waals surface area contributed by atoms with Crippen molar-refractivity contribution in [3.63, 3.8) is 0 Å². The smallest absolute Gasteiger partial charge is 0.249 e. The van der Waals surface area contributed by atoms with Crippen LogP contribution in [0.1, 0.15) is 30.7 Å². The number of halogens is 1. The van der Waals surface area contributed by atoms with Crippen LogP contribution >= 0.6 is 15.9 Å². The standard InChI is InChI=1S/C25H23BrN2O4/c1-5-30-24-16(4)25-20(21(13-31-25)17-7-6-8-18(26)11-17)12-19(24)14(2)9-23(29)27-22-10-15(3)32-28-22/h6-13H,5H2,1-4H3,(H,27,28,29)/b14-9+. The van der Waals surface area contributed by atoms with Crippen molar-refractivity contribution in [3.05, 3.63) is 70.1 Å². The van der Waals surface area contributed by atoms with Gasteiger partial charge in [-0.05, 0) is 57.0 Å². The van der Waals surface area contributed by atoms with Gasteiger partial charge in [0.2, 0.25) is 5.91 Å². The van der Waals surface area contributed by atoms with Crippen LogP contribution in [0.5, 0.6) is 5.75 Å². The molecular weight excluding hydrogens is 472 g/mol. The molecule has 164 valence electrons. The number of amides is 1. The van der Waals surface area contributed by atoms with Crippen molar-refractivity contribution in [2.45, 2.75) is 27.7 Å². The van der Waals surface area contributed by atoms with Crippen molar-refractivity contribution in [1.82, 2.24) is 5.16 Å². The lowest BCUT2D eigenvalue weighted by Gasteiger charge is -2.15. The van der Waals surface area contributed by atoms with E-state index >= 15 is 0 Å². The van der Waals surface area contributed by atoms with Gasteiger partial charge in [0.1, 0.15) is 17.1 Å². The maximum absolute atomic E-state index is 12.6. The summed E-state index contributed by atoms with van der Waals surface area (Å²) in [4.78, 5) is 12.6. The average Bonchev–Trinajstić information content (AvgIpc) is 3.36. The van der Waals surface area contributed by atoms with E-state index in [2.05, 4.69) is 26.4 Å². The van der Waals surface area contributed by atoms with E-state index < -0.39 is 0 Å². The Hall–Kier alpha value is -3.32. The number of ether oxygens (including phenoxy) is 1. The molecule has 2 heterocycles. The summed E-state index contributed by atoms with van der Waals surface area (Å²) in [6.07, 6.45) is 3.30. The number of aromatic nitrogens is 1. The minimum absolute atomic E-state index is 0.296. The lowest BCUT2D eigenvalue weighted by atomic mass is 9.96. The van der Waals surface area contributed by atoms with Crippen molar-refractivity contribution in [1.29, 1.82) is 0 Å². The van der Waals surface area contributed by atoms with Crippen LogP contribution in [0.4, 0.5) is 5.82 Å². The molecule has 2 aromatic heterocycles. The zero-order chi connectivity index (χ0) is 22.8. The Bertz CT molecular complexity index is 1330. The van der Waals surface area contributed by atoms with Crippen molar-refractivity contribution >= 4 is 44.2 Å². The van der Waals surface area contributed by atoms with Crippen LogP contribution in [-0.2, 0) is 4.79 Å². The van der Waals surface area contributed by atoms with Crippen molar-refractivity contribution in [3.8, 4) is 16.9 Å². The highest BCUT2D eigenvalue weighted by atomic mass is 79.9. The van der Waals surface area contributed by atoms with Crippen LogP contribution < -0.4 is 10.1 Å². The van der Waals surface area contributed by atoms with Crippen molar-refractivity contribution < 1.29 is 18.5 Å². The van der Waals surface area contributed by atoms with E-state index in [4.69, 9.17) is 13.7 Å². The first-order valence-corrected chi connectivity index (χ1v) is 11.0. The van der Waals surface area contributed by atoms with Crippen molar-refractivity contribution in [2.75, 3.05) is 11.9 Å². The lowest BCUT2D eigenvalue weighted by Crippen LogP contribution is -2.09. The number of allylic oxidation sites excluding steroid dienone is 1. The number of aryl methyl sites for hydroxylation is 2. The largest absolute Gasteiger partial charge is 0.493 e. The van der Waals surface area contributed by atoms with Crippen LogP contribution in [0.15, 0.2) is 62.2 Å². The zero-order valence-electron chi connectivity index (χ0n) is 18.3. The van der Waals surface area contributed by atoms with Crippen molar-refractivity contribution in [2.24, 2.45) is 0 Å². The van der Waals surface area contributed by atoms with E-state index in [-0.39, 0.29) is 5.91 Å². The average molecular weight is 495 g/mol. The number of fused-ring (bicyclic) bond motifs is 1. The maximum atomic E-state index is 12.6. The Morgan fingerprint density at radius 2 is 2.06 bits per heavy atom. The molecule has 0 fully saturated rings. The number of furan rings is 1. The van der Waals surface area contributed by atoms with Crippen LogP contribution in [-0.4, -0.2) is 17.7 Å². The molecule has 1 N–H and O–H groups in total. The first-order chi connectivity index (χ1) is 15.4. The Morgan fingerprint density at radius 3 is 2.75 bits per heavy atom. The molecule has 2 aromatic carbocycles. The molecule has 0 aliphatic carbocycles. The number of anilines is 1. The van der Waals surface area contributed by atoms with Gasteiger partial charge in [0, 0.05) is 38.7 Å². The number of nitrogens with zero attached hydrogens (tertiary/aromatic N) is 1. The minimum Gasteiger partial charge on any atom is -0.493 e. The number of hydrogen-bond donors (Lipinski definition) is 1. The molecule has 0 saturated heterocycles. The van der Waals surface area contributed by atoms with E-state index in [1.807, 2.05) is 51.1 Å². The second-order valence-electron chi connectivity index (χ2n) is 7.49. The van der Waals surface area contributed by atoms with Crippen LogP contribution in [0.2, 0.25) is 0 Å². The Labute approximate surface area is 194 Å². The number of carbonyl (C=O) groups excluding carboxylic acids is 1. The number of carbonyl (C=O) groups is 1. The van der Waals surface area contributed by atoms with Gasteiger partial charge in [-0.25, -0.2) is 0 Å². The predicted molar refractivity (Wildman–Crippen MR) is 129 cm³/mol. The highest BCUT2D eigenvalue weighted by molar-refractivity contribution is 9.10. The summed E-state index contributed by atoms with van der Waals surface area (Å²) in [6, 6.07) is 11.7. The van der Waals surface area contributed by atoms with E-state index in [1.54, 1.807) is 19.3 Å². The summed E-state index contributed by atoms with van der Waals surface area (Å²) in [7, 11) is 0. The summed E-state index contributed by atoms with van der Waals surface area (Å²) in [5.41, 5.74) is 5.26. The fourth-order valence-electron chi connectivity index (χ4n) is 3.68. The lowest BCUT2D eigenvalue weighted by molar-refractivity contribution is -0.111. The molecule has 0 radical (unpaired) electrons. The van der Waals surface area contributed by atoms with Crippen LogP contribution in [0.25, 0.3) is 27.7 Å². The summed E-state index contributed by atoms with van der Waals surface area (Å²) in [5.74, 6) is 1.41. The molecule has 0 unspecified atom stereocenters. The van der Waals surface area contributed by atoms with Gasteiger partial charge >= 0.3 is 0 Å². The molecule has 4 rings (SSSR count). The third-order valence-electron chi connectivity index (χ3n) is 5.12. The molecule has 1 amide bonds. The Balaban J connectivity index is 1.80. The fraction of sp³-hybridized carbons (Fsp3) is 0.200. The molecular formula is C25H23BrN2O4. The molecule has 32 heavy (non-hydrogen) atoms. The Kier molecular flexibility index (Phi) is 6.19. The number of nitrogens with one attached hydrogen (secondary N) is 1. The first kappa shape index (κ1) is 21.9. The summed E-state index contributed by atoms with van der Waals surface area (Å²) >= 11 is 3.54. The number of hydrogen-bond acceptors (Lipinski definition) is 5. The second kappa shape index (κ2) is 9.04. The molecule has 0 saturated carbocycles. The summed E-state index contributed by atoms with van der Waals surface area (Å²) < 4.78 is 17.9. The van der Waals surface area contributed by atoms with Gasteiger partial charge in [-0.15, -0.1) is 0 Å². The van der Waals surface area contributed by atoms with Gasteiger partial charge in [-0.1, -0.05) is 33.2 Å². The molecule has 4 aromatic rings. The van der Waals surface area contributed by atoms with Gasteiger partial charge in [0.15, 0.2) is 5.82 Å². The number of benzene rings is 2. The molecule has 0 aliphatic rings. The molecule has 6 nitrogen and oxygen atoms in total. The monoisotopic (exact) mass is 494 g/mol.